The van der Waals surface area contributed by atoms with Crippen molar-refractivity contribution in [2.45, 2.75) is 53.0 Å². The minimum Gasteiger partial charge on any atom is -0.480 e. The molecule has 0 bridgehead atoms. The van der Waals surface area contributed by atoms with E-state index in [0.29, 0.717) is 18.6 Å². The van der Waals surface area contributed by atoms with Gasteiger partial charge in [-0.25, -0.2) is 4.79 Å². The van der Waals surface area contributed by atoms with E-state index in [2.05, 4.69) is 10.5 Å². The van der Waals surface area contributed by atoms with Gasteiger partial charge in [0, 0.05) is 12.0 Å². The molecular formula is C14H22N2O4. The summed E-state index contributed by atoms with van der Waals surface area (Å²) in [6.45, 7) is 7.33. The van der Waals surface area contributed by atoms with Crippen LogP contribution in [0.4, 0.5) is 0 Å². The molecule has 1 aromatic rings. The number of aryl methyl sites for hydroxylation is 2. The maximum absolute atomic E-state index is 11.9. The average Bonchev–Trinajstić information content (AvgIpc) is 2.72. The molecule has 20 heavy (non-hydrogen) atoms. The van der Waals surface area contributed by atoms with Gasteiger partial charge in [0.1, 0.15) is 11.8 Å². The molecule has 0 aliphatic rings. The fraction of sp³-hybridized carbons (Fsp3) is 0.643. The average molecular weight is 282 g/mol. The van der Waals surface area contributed by atoms with E-state index in [1.165, 1.54) is 0 Å². The molecule has 0 saturated heterocycles. The monoisotopic (exact) mass is 282 g/mol. The van der Waals surface area contributed by atoms with Crippen molar-refractivity contribution in [3.63, 3.8) is 0 Å². The van der Waals surface area contributed by atoms with Gasteiger partial charge in [-0.3, -0.25) is 4.79 Å². The number of nitrogens with zero attached hydrogens (tertiary/aromatic N) is 1. The van der Waals surface area contributed by atoms with Crippen LogP contribution in [0.5, 0.6) is 0 Å². The lowest BCUT2D eigenvalue weighted by molar-refractivity contribution is -0.143. The van der Waals surface area contributed by atoms with Gasteiger partial charge >= 0.3 is 5.97 Å². The van der Waals surface area contributed by atoms with Gasteiger partial charge in [0.05, 0.1) is 5.69 Å². The van der Waals surface area contributed by atoms with Gasteiger partial charge in [0.25, 0.3) is 0 Å². The highest BCUT2D eigenvalue weighted by Gasteiger charge is 2.25. The quantitative estimate of drug-likeness (QED) is 0.796. The first-order chi connectivity index (χ1) is 9.36. The van der Waals surface area contributed by atoms with E-state index in [9.17, 15) is 9.59 Å². The van der Waals surface area contributed by atoms with E-state index in [1.54, 1.807) is 6.92 Å². The molecule has 112 valence electrons. The predicted molar refractivity (Wildman–Crippen MR) is 73.3 cm³/mol. The predicted octanol–water partition coefficient (Wildman–Crippen LogP) is 1.84. The molecule has 0 aromatic carbocycles. The smallest absolute Gasteiger partial charge is 0.326 e. The fourth-order valence-electron chi connectivity index (χ4n) is 2.03. The molecular weight excluding hydrogens is 260 g/mol. The SMILES string of the molecule is CC[C@H](C)[C@H](NC(=O)CCc1c(C)noc1C)C(=O)O. The fourth-order valence-corrected chi connectivity index (χ4v) is 2.03. The van der Waals surface area contributed by atoms with Crippen LogP contribution in [0.2, 0.25) is 0 Å². The van der Waals surface area contributed by atoms with Crippen molar-refractivity contribution in [1.29, 1.82) is 0 Å². The number of amides is 1. The maximum Gasteiger partial charge on any atom is 0.326 e. The highest BCUT2D eigenvalue weighted by atomic mass is 16.5. The van der Waals surface area contributed by atoms with Crippen molar-refractivity contribution in [3.8, 4) is 0 Å². The zero-order chi connectivity index (χ0) is 15.3. The second kappa shape index (κ2) is 7.07. The third-order valence-corrected chi connectivity index (χ3v) is 3.58. The summed E-state index contributed by atoms with van der Waals surface area (Å²) >= 11 is 0. The van der Waals surface area contributed by atoms with Gasteiger partial charge in [-0.1, -0.05) is 25.4 Å². The normalized spacial score (nSPS) is 13.8. The van der Waals surface area contributed by atoms with Gasteiger partial charge in [-0.2, -0.15) is 0 Å². The zero-order valence-corrected chi connectivity index (χ0v) is 12.4. The zero-order valence-electron chi connectivity index (χ0n) is 12.4. The Morgan fingerprint density at radius 2 is 2.05 bits per heavy atom. The van der Waals surface area contributed by atoms with Crippen LogP contribution in [0.15, 0.2) is 4.52 Å². The summed E-state index contributed by atoms with van der Waals surface area (Å²) in [7, 11) is 0. The molecule has 0 spiro atoms. The number of hydrogen-bond donors (Lipinski definition) is 2. The number of hydrogen-bond acceptors (Lipinski definition) is 4. The molecule has 0 unspecified atom stereocenters. The van der Waals surface area contributed by atoms with Gasteiger partial charge in [0.15, 0.2) is 0 Å². The Balaban J connectivity index is 2.57. The molecule has 0 saturated carbocycles. The van der Waals surface area contributed by atoms with Gasteiger partial charge < -0.3 is 14.9 Å². The lowest BCUT2D eigenvalue weighted by Crippen LogP contribution is -2.45. The first kappa shape index (κ1) is 16.2. The highest BCUT2D eigenvalue weighted by molar-refractivity contribution is 5.83. The number of carboxylic acid groups (broad SMARTS) is 1. The number of carboxylic acids is 1. The van der Waals surface area contributed by atoms with Crippen LogP contribution in [0.1, 0.15) is 43.7 Å². The van der Waals surface area contributed by atoms with Crippen molar-refractivity contribution < 1.29 is 19.2 Å². The van der Waals surface area contributed by atoms with Crippen LogP contribution < -0.4 is 5.32 Å². The van der Waals surface area contributed by atoms with Gasteiger partial charge in [-0.05, 0) is 26.2 Å². The van der Waals surface area contributed by atoms with Crippen LogP contribution in [-0.4, -0.2) is 28.2 Å². The third kappa shape index (κ3) is 4.08. The first-order valence-corrected chi connectivity index (χ1v) is 6.80. The number of aromatic nitrogens is 1. The molecule has 0 fully saturated rings. The Morgan fingerprint density at radius 1 is 1.40 bits per heavy atom. The van der Waals surface area contributed by atoms with Crippen LogP contribution in [0.25, 0.3) is 0 Å². The molecule has 0 aliphatic heterocycles. The Hall–Kier alpha value is -1.85. The molecule has 1 rings (SSSR count). The van der Waals surface area contributed by atoms with Crippen molar-refractivity contribution in [2.75, 3.05) is 0 Å². The summed E-state index contributed by atoms with van der Waals surface area (Å²) in [4.78, 5) is 23.0. The van der Waals surface area contributed by atoms with Crippen LogP contribution in [0.3, 0.4) is 0 Å². The number of carbonyl (C=O) groups is 2. The van der Waals surface area contributed by atoms with E-state index in [1.807, 2.05) is 20.8 Å². The lowest BCUT2D eigenvalue weighted by atomic mass is 9.99. The van der Waals surface area contributed by atoms with E-state index >= 15 is 0 Å². The summed E-state index contributed by atoms with van der Waals surface area (Å²) in [5, 5.41) is 15.5. The van der Waals surface area contributed by atoms with E-state index < -0.39 is 12.0 Å². The topological polar surface area (TPSA) is 92.4 Å². The number of nitrogens with one attached hydrogen (secondary N) is 1. The van der Waals surface area contributed by atoms with Crippen molar-refractivity contribution in [3.05, 3.63) is 17.0 Å². The summed E-state index contributed by atoms with van der Waals surface area (Å²) in [6, 6.07) is -0.836. The minimum atomic E-state index is -0.995. The Morgan fingerprint density at radius 3 is 2.50 bits per heavy atom. The molecule has 2 N–H and O–H groups in total. The lowest BCUT2D eigenvalue weighted by Gasteiger charge is -2.20. The summed E-state index contributed by atoms with van der Waals surface area (Å²) in [5.41, 5.74) is 1.68. The molecule has 2 atom stereocenters. The number of rotatable bonds is 7. The molecule has 6 heteroatoms. The summed E-state index contributed by atoms with van der Waals surface area (Å²) in [5.74, 6) is -0.662. The first-order valence-electron chi connectivity index (χ1n) is 6.80. The van der Waals surface area contributed by atoms with E-state index in [4.69, 9.17) is 9.63 Å². The summed E-state index contributed by atoms with van der Waals surface area (Å²) in [6.07, 6.45) is 1.42. The second-order valence-electron chi connectivity index (χ2n) is 5.07. The number of carbonyl (C=O) groups excluding carboxylic acids is 1. The van der Waals surface area contributed by atoms with E-state index in [0.717, 1.165) is 11.3 Å². The Labute approximate surface area is 118 Å². The van der Waals surface area contributed by atoms with Crippen molar-refractivity contribution in [1.82, 2.24) is 10.5 Å². The van der Waals surface area contributed by atoms with Crippen LogP contribution in [-0.2, 0) is 16.0 Å². The van der Waals surface area contributed by atoms with Crippen LogP contribution in [0, 0.1) is 19.8 Å². The molecule has 1 heterocycles. The summed E-state index contributed by atoms with van der Waals surface area (Å²) < 4.78 is 5.03. The Kier molecular flexibility index (Phi) is 5.73. The van der Waals surface area contributed by atoms with Crippen molar-refractivity contribution in [2.24, 2.45) is 5.92 Å². The van der Waals surface area contributed by atoms with Gasteiger partial charge in [-0.15, -0.1) is 0 Å². The second-order valence-corrected chi connectivity index (χ2v) is 5.07. The molecule has 1 aromatic heterocycles. The minimum absolute atomic E-state index is 0.101. The Bertz CT molecular complexity index is 462. The van der Waals surface area contributed by atoms with Crippen LogP contribution >= 0.6 is 0 Å². The standard InChI is InChI=1S/C14H22N2O4/c1-5-8(2)13(14(18)19)15-12(17)7-6-11-9(3)16-20-10(11)4/h8,13H,5-7H2,1-4H3,(H,15,17)(H,18,19)/t8-,13-/m0/s1. The highest BCUT2D eigenvalue weighted by Crippen LogP contribution is 2.14. The number of aliphatic carboxylic acids is 1. The van der Waals surface area contributed by atoms with E-state index in [-0.39, 0.29) is 18.2 Å². The van der Waals surface area contributed by atoms with Crippen molar-refractivity contribution >= 4 is 11.9 Å². The largest absolute Gasteiger partial charge is 0.480 e. The molecule has 1 amide bonds. The maximum atomic E-state index is 11.9. The third-order valence-electron chi connectivity index (χ3n) is 3.58. The molecule has 0 aliphatic carbocycles. The molecule has 0 radical (unpaired) electrons. The molecule has 6 nitrogen and oxygen atoms in total. The van der Waals surface area contributed by atoms with Gasteiger partial charge in [0.2, 0.25) is 5.91 Å².